The molecule has 0 radical (unpaired) electrons. The molecule has 9 aromatic rings. The Morgan fingerprint density at radius 1 is 0.558 bits per heavy atom. The predicted octanol–water partition coefficient (Wildman–Crippen LogP) is 11.6. The molecule has 0 saturated carbocycles. The molecule has 4 nitrogen and oxygen atoms in total. The molecule has 9 rings (SSSR count). The Bertz CT molecular complexity index is 2710. The molecule has 1 N–H and O–H groups in total. The fraction of sp³-hybridized carbons (Fsp3) is 0. The molecular formula is C46H29FN3OPt-. The van der Waals surface area contributed by atoms with Crippen molar-refractivity contribution in [3.8, 4) is 67.5 Å². The third-order valence-electron chi connectivity index (χ3n) is 9.31. The van der Waals surface area contributed by atoms with Crippen LogP contribution >= 0.6 is 0 Å². The van der Waals surface area contributed by atoms with Crippen LogP contribution in [0.4, 0.5) is 4.39 Å². The van der Waals surface area contributed by atoms with E-state index in [1.54, 1.807) is 6.07 Å². The van der Waals surface area contributed by atoms with Crippen molar-refractivity contribution >= 4 is 21.8 Å². The van der Waals surface area contributed by atoms with Crippen molar-refractivity contribution in [3.05, 3.63) is 182 Å². The van der Waals surface area contributed by atoms with Crippen LogP contribution in [-0.4, -0.2) is 19.6 Å². The minimum atomic E-state index is -0.543. The maximum Gasteiger partial charge on any atom is 0.136 e. The van der Waals surface area contributed by atoms with E-state index in [0.29, 0.717) is 11.4 Å². The van der Waals surface area contributed by atoms with Crippen molar-refractivity contribution in [2.24, 2.45) is 0 Å². The topological polar surface area (TPSA) is 50.9 Å². The summed E-state index contributed by atoms with van der Waals surface area (Å²) in [6.45, 7) is 0. The molecular weight excluding hydrogens is 825 g/mol. The van der Waals surface area contributed by atoms with Gasteiger partial charge in [0.2, 0.25) is 0 Å². The minimum absolute atomic E-state index is 0. The summed E-state index contributed by atoms with van der Waals surface area (Å²) in [5.74, 6) is -0.711. The first kappa shape index (κ1) is 33.0. The number of pyridine rings is 2. The van der Waals surface area contributed by atoms with Crippen molar-refractivity contribution in [2.75, 3.05) is 0 Å². The summed E-state index contributed by atoms with van der Waals surface area (Å²) in [5, 5.41) is 13.0. The summed E-state index contributed by atoms with van der Waals surface area (Å²) in [7, 11) is 0. The van der Waals surface area contributed by atoms with E-state index in [4.69, 9.17) is 9.97 Å². The SMILES string of the molecule is Oc1cccc(F)c1-c1cc(-c2ccccc2)cc(-c2[c-]c(-c3cc(-c4cccc5c6ccccc6n(-c6ccccc6)c45)ccn3)ccc2)n1.[Pt]. The van der Waals surface area contributed by atoms with E-state index in [0.717, 1.165) is 55.8 Å². The van der Waals surface area contributed by atoms with Gasteiger partial charge < -0.3 is 9.67 Å². The van der Waals surface area contributed by atoms with Gasteiger partial charge in [-0.3, -0.25) is 9.97 Å². The normalized spacial score (nSPS) is 11.1. The van der Waals surface area contributed by atoms with Crippen LogP contribution in [-0.2, 0) is 21.1 Å². The van der Waals surface area contributed by atoms with Crippen molar-refractivity contribution in [2.45, 2.75) is 0 Å². The molecule has 0 amide bonds. The van der Waals surface area contributed by atoms with Gasteiger partial charge in [-0.2, -0.15) is 0 Å². The number of phenolic OH excluding ortho intramolecular Hbond substituents is 1. The fourth-order valence-corrected chi connectivity index (χ4v) is 6.97. The number of phenols is 1. The van der Waals surface area contributed by atoms with E-state index in [1.165, 1.54) is 29.0 Å². The molecule has 6 heteroatoms. The molecule has 0 aliphatic rings. The largest absolute Gasteiger partial charge is 0.507 e. The van der Waals surface area contributed by atoms with Gasteiger partial charge in [-0.05, 0) is 59.2 Å². The van der Waals surface area contributed by atoms with Crippen LogP contribution in [0.1, 0.15) is 0 Å². The molecule has 6 aromatic carbocycles. The average molecular weight is 854 g/mol. The van der Waals surface area contributed by atoms with Crippen molar-refractivity contribution in [1.82, 2.24) is 14.5 Å². The number of fused-ring (bicyclic) bond motifs is 3. The molecule has 0 bridgehead atoms. The van der Waals surface area contributed by atoms with E-state index in [2.05, 4.69) is 83.4 Å². The van der Waals surface area contributed by atoms with Gasteiger partial charge in [0.25, 0.3) is 0 Å². The summed E-state index contributed by atoms with van der Waals surface area (Å²) in [5.41, 5.74) is 10.6. The number of nitrogens with zero attached hydrogens (tertiary/aromatic N) is 3. The first-order chi connectivity index (χ1) is 25.1. The third kappa shape index (κ3) is 5.89. The standard InChI is InChI=1S/C46H29FN3O.Pt/c47-39-21-11-23-44(51)45(39)42-29-34(30-12-3-1-4-13-30)28-41(49-42)33-15-9-14-32(26-33)40-27-31(24-25-48-40)36-19-10-20-38-37-18-7-8-22-43(37)50(46(36)38)35-16-5-2-6-17-35;/h1-25,27-29,51H;/q-1;. The van der Waals surface area contributed by atoms with Crippen LogP contribution in [0.5, 0.6) is 5.75 Å². The number of hydrogen-bond donors (Lipinski definition) is 1. The number of aromatic hydroxyl groups is 1. The number of rotatable bonds is 6. The Kier molecular flexibility index (Phi) is 8.80. The molecule has 0 spiro atoms. The number of benzene rings is 6. The molecule has 0 aliphatic carbocycles. The van der Waals surface area contributed by atoms with Crippen LogP contribution in [0.15, 0.2) is 170 Å². The zero-order valence-electron chi connectivity index (χ0n) is 27.6. The van der Waals surface area contributed by atoms with Crippen LogP contribution in [0.2, 0.25) is 0 Å². The molecule has 3 heterocycles. The Morgan fingerprint density at radius 3 is 2.02 bits per heavy atom. The summed E-state index contributed by atoms with van der Waals surface area (Å²) < 4.78 is 17.5. The van der Waals surface area contributed by atoms with Crippen molar-refractivity contribution < 1.29 is 30.6 Å². The number of aromatic nitrogens is 3. The van der Waals surface area contributed by atoms with Gasteiger partial charge in [-0.1, -0.05) is 114 Å². The van der Waals surface area contributed by atoms with Gasteiger partial charge in [0.05, 0.1) is 22.3 Å². The maximum absolute atomic E-state index is 15.1. The monoisotopic (exact) mass is 853 g/mol. The van der Waals surface area contributed by atoms with E-state index in [9.17, 15) is 5.11 Å². The molecule has 252 valence electrons. The summed E-state index contributed by atoms with van der Waals surface area (Å²) >= 11 is 0. The third-order valence-corrected chi connectivity index (χ3v) is 9.31. The average Bonchev–Trinajstić information content (AvgIpc) is 3.53. The maximum atomic E-state index is 15.1. The van der Waals surface area contributed by atoms with E-state index >= 15 is 4.39 Å². The molecule has 0 saturated heterocycles. The fourth-order valence-electron chi connectivity index (χ4n) is 6.97. The smallest absolute Gasteiger partial charge is 0.136 e. The van der Waals surface area contributed by atoms with Crippen LogP contribution in [0.3, 0.4) is 0 Å². The van der Waals surface area contributed by atoms with Crippen LogP contribution < -0.4 is 0 Å². The zero-order valence-corrected chi connectivity index (χ0v) is 29.9. The van der Waals surface area contributed by atoms with E-state index in [1.807, 2.05) is 72.9 Å². The van der Waals surface area contributed by atoms with E-state index < -0.39 is 5.82 Å². The van der Waals surface area contributed by atoms with E-state index in [-0.39, 0.29) is 32.4 Å². The zero-order chi connectivity index (χ0) is 34.3. The van der Waals surface area contributed by atoms with Crippen LogP contribution in [0, 0.1) is 11.9 Å². The van der Waals surface area contributed by atoms with Crippen LogP contribution in [0.25, 0.3) is 83.5 Å². The molecule has 0 aliphatic heterocycles. The minimum Gasteiger partial charge on any atom is -0.507 e. The molecule has 0 fully saturated rings. The predicted molar refractivity (Wildman–Crippen MR) is 204 cm³/mol. The second-order valence-corrected chi connectivity index (χ2v) is 12.4. The number of para-hydroxylation sites is 3. The Hall–Kier alpha value is -6.16. The second-order valence-electron chi connectivity index (χ2n) is 12.4. The number of halogens is 1. The van der Waals surface area contributed by atoms with Gasteiger partial charge in [0, 0.05) is 60.7 Å². The molecule has 0 unspecified atom stereocenters. The molecule has 3 aromatic heterocycles. The Balaban J connectivity index is 0.00000387. The van der Waals surface area contributed by atoms with Gasteiger partial charge in [-0.25, -0.2) is 4.39 Å². The van der Waals surface area contributed by atoms with Gasteiger partial charge in [0.1, 0.15) is 11.6 Å². The first-order valence-electron chi connectivity index (χ1n) is 16.7. The molecule has 52 heavy (non-hydrogen) atoms. The Morgan fingerprint density at radius 2 is 1.21 bits per heavy atom. The first-order valence-corrected chi connectivity index (χ1v) is 16.7. The summed E-state index contributed by atoms with van der Waals surface area (Å²) in [6.07, 6.45) is 1.84. The van der Waals surface area contributed by atoms with Crippen molar-refractivity contribution in [1.29, 1.82) is 0 Å². The number of hydrogen-bond acceptors (Lipinski definition) is 3. The van der Waals surface area contributed by atoms with Gasteiger partial charge >= 0.3 is 0 Å². The second kappa shape index (κ2) is 13.9. The molecule has 0 atom stereocenters. The quantitative estimate of drug-likeness (QED) is 0.170. The summed E-state index contributed by atoms with van der Waals surface area (Å²) in [4.78, 5) is 9.65. The van der Waals surface area contributed by atoms with Gasteiger partial charge in [-0.15, -0.1) is 24.3 Å². The summed E-state index contributed by atoms with van der Waals surface area (Å²) in [6, 6.07) is 57.0. The van der Waals surface area contributed by atoms with Gasteiger partial charge in [0.15, 0.2) is 0 Å². The Labute approximate surface area is 314 Å². The van der Waals surface area contributed by atoms with Crippen molar-refractivity contribution in [3.63, 3.8) is 0 Å².